The maximum absolute atomic E-state index is 6.32. The summed E-state index contributed by atoms with van der Waals surface area (Å²) in [5, 5.41) is 0.646. The van der Waals surface area contributed by atoms with Crippen molar-refractivity contribution < 1.29 is 9.47 Å². The molecular formula is C15H21ClN2O2. The summed E-state index contributed by atoms with van der Waals surface area (Å²) in [6.07, 6.45) is 3.03. The lowest BCUT2D eigenvalue weighted by Crippen LogP contribution is -2.39. The van der Waals surface area contributed by atoms with Gasteiger partial charge in [0.15, 0.2) is 11.5 Å². The van der Waals surface area contributed by atoms with Gasteiger partial charge in [-0.15, -0.1) is 0 Å². The molecule has 1 aromatic carbocycles. The van der Waals surface area contributed by atoms with Gasteiger partial charge in [0.2, 0.25) is 0 Å². The van der Waals surface area contributed by atoms with E-state index in [4.69, 9.17) is 26.8 Å². The van der Waals surface area contributed by atoms with Crippen LogP contribution in [0, 0.1) is 0 Å². The Hall–Kier alpha value is -0.970. The molecule has 1 aromatic rings. The molecule has 0 amide bonds. The topological polar surface area (TPSA) is 47.7 Å². The third-order valence-corrected chi connectivity index (χ3v) is 4.18. The smallest absolute Gasteiger partial charge is 0.179 e. The molecule has 4 nitrogen and oxygen atoms in total. The Morgan fingerprint density at radius 1 is 1.20 bits per heavy atom. The summed E-state index contributed by atoms with van der Waals surface area (Å²) in [5.74, 6) is 1.47. The van der Waals surface area contributed by atoms with E-state index in [9.17, 15) is 0 Å². The maximum atomic E-state index is 6.32. The van der Waals surface area contributed by atoms with Gasteiger partial charge in [-0.1, -0.05) is 11.6 Å². The zero-order valence-corrected chi connectivity index (χ0v) is 12.4. The van der Waals surface area contributed by atoms with E-state index in [1.807, 2.05) is 6.07 Å². The van der Waals surface area contributed by atoms with Crippen molar-refractivity contribution in [3.05, 3.63) is 22.7 Å². The lowest BCUT2D eigenvalue weighted by molar-refractivity contribution is 0.205. The number of likely N-dealkylation sites (tertiary alicyclic amines) is 1. The zero-order valence-electron chi connectivity index (χ0n) is 11.6. The number of ether oxygens (including phenoxy) is 2. The van der Waals surface area contributed by atoms with Crippen LogP contribution in [0.3, 0.4) is 0 Å². The summed E-state index contributed by atoms with van der Waals surface area (Å²) in [6.45, 7) is 4.34. The summed E-state index contributed by atoms with van der Waals surface area (Å²) in [5.41, 5.74) is 7.11. The minimum atomic E-state index is 0.360. The Kier molecular flexibility index (Phi) is 4.34. The molecule has 20 heavy (non-hydrogen) atoms. The summed E-state index contributed by atoms with van der Waals surface area (Å²) < 4.78 is 11.4. The van der Waals surface area contributed by atoms with E-state index < -0.39 is 0 Å². The predicted molar refractivity (Wildman–Crippen MR) is 79.5 cm³/mol. The Morgan fingerprint density at radius 3 is 2.75 bits per heavy atom. The molecule has 0 atom stereocenters. The summed E-state index contributed by atoms with van der Waals surface area (Å²) in [4.78, 5) is 2.42. The van der Waals surface area contributed by atoms with E-state index in [-0.39, 0.29) is 0 Å². The number of nitrogens with two attached hydrogens (primary N) is 1. The summed E-state index contributed by atoms with van der Waals surface area (Å²) in [6, 6.07) is 4.41. The van der Waals surface area contributed by atoms with Gasteiger partial charge in [0.05, 0.1) is 18.2 Å². The molecule has 110 valence electrons. The van der Waals surface area contributed by atoms with Crippen molar-refractivity contribution in [3.8, 4) is 11.5 Å². The maximum Gasteiger partial charge on any atom is 0.179 e. The van der Waals surface area contributed by atoms with E-state index in [1.165, 1.54) is 5.56 Å². The largest absolute Gasteiger partial charge is 0.489 e. The molecule has 1 saturated heterocycles. The Labute approximate surface area is 124 Å². The van der Waals surface area contributed by atoms with Gasteiger partial charge in [0.1, 0.15) is 0 Å². The third-order valence-electron chi connectivity index (χ3n) is 3.90. The quantitative estimate of drug-likeness (QED) is 0.910. The van der Waals surface area contributed by atoms with Gasteiger partial charge in [-0.3, -0.25) is 4.90 Å². The fourth-order valence-electron chi connectivity index (χ4n) is 2.74. The second-order valence-electron chi connectivity index (χ2n) is 5.57. The number of rotatable bonds is 2. The van der Waals surface area contributed by atoms with Crippen LogP contribution in [0.4, 0.5) is 0 Å². The molecule has 2 aliphatic rings. The van der Waals surface area contributed by atoms with Crippen LogP contribution >= 0.6 is 11.6 Å². The molecule has 5 heteroatoms. The van der Waals surface area contributed by atoms with E-state index in [2.05, 4.69) is 11.0 Å². The molecule has 1 fully saturated rings. The second kappa shape index (κ2) is 6.20. The predicted octanol–water partition coefficient (Wildman–Crippen LogP) is 2.42. The Morgan fingerprint density at radius 2 is 1.95 bits per heavy atom. The van der Waals surface area contributed by atoms with Crippen LogP contribution in [-0.2, 0) is 6.54 Å². The SMILES string of the molecule is NC1CCN(Cc2cc(Cl)c3c(c2)OCCCO3)CC1. The number of fused-ring (bicyclic) bond motifs is 1. The van der Waals surface area contributed by atoms with Gasteiger partial charge in [-0.05, 0) is 43.6 Å². The van der Waals surface area contributed by atoms with Crippen LogP contribution < -0.4 is 15.2 Å². The highest BCUT2D eigenvalue weighted by Crippen LogP contribution is 2.38. The number of benzene rings is 1. The van der Waals surface area contributed by atoms with Crippen molar-refractivity contribution in [1.82, 2.24) is 4.90 Å². The highest BCUT2D eigenvalue weighted by molar-refractivity contribution is 6.32. The standard InChI is InChI=1S/C15H21ClN2O2/c16-13-8-11(10-18-4-2-12(17)3-5-18)9-14-15(13)20-7-1-6-19-14/h8-9,12H,1-7,10,17H2. The summed E-state index contributed by atoms with van der Waals surface area (Å²) >= 11 is 6.32. The molecule has 0 saturated carbocycles. The third kappa shape index (κ3) is 3.19. The Balaban J connectivity index is 1.74. The van der Waals surface area contributed by atoms with E-state index in [1.54, 1.807) is 0 Å². The average molecular weight is 297 g/mol. The Bertz CT molecular complexity index is 473. The van der Waals surface area contributed by atoms with Crippen LogP contribution in [0.15, 0.2) is 12.1 Å². The number of nitrogens with zero attached hydrogens (tertiary/aromatic N) is 1. The number of piperidine rings is 1. The first-order chi connectivity index (χ1) is 9.72. The van der Waals surface area contributed by atoms with Crippen molar-refractivity contribution in [1.29, 1.82) is 0 Å². The minimum absolute atomic E-state index is 0.360. The van der Waals surface area contributed by atoms with Gasteiger partial charge < -0.3 is 15.2 Å². The molecule has 0 spiro atoms. The van der Waals surface area contributed by atoms with Gasteiger partial charge in [-0.2, -0.15) is 0 Å². The lowest BCUT2D eigenvalue weighted by Gasteiger charge is -2.30. The number of hydrogen-bond donors (Lipinski definition) is 1. The van der Waals surface area contributed by atoms with E-state index >= 15 is 0 Å². The molecule has 0 aromatic heterocycles. The number of hydrogen-bond acceptors (Lipinski definition) is 4. The molecule has 2 heterocycles. The minimum Gasteiger partial charge on any atom is -0.489 e. The molecule has 0 unspecified atom stereocenters. The fraction of sp³-hybridized carbons (Fsp3) is 0.600. The van der Waals surface area contributed by atoms with E-state index in [0.29, 0.717) is 30.0 Å². The lowest BCUT2D eigenvalue weighted by atomic mass is 10.1. The first-order valence-corrected chi connectivity index (χ1v) is 7.66. The van der Waals surface area contributed by atoms with Gasteiger partial charge in [-0.25, -0.2) is 0 Å². The van der Waals surface area contributed by atoms with Crippen LogP contribution in [0.1, 0.15) is 24.8 Å². The van der Waals surface area contributed by atoms with Gasteiger partial charge in [0, 0.05) is 19.0 Å². The van der Waals surface area contributed by atoms with E-state index in [0.717, 1.165) is 44.6 Å². The van der Waals surface area contributed by atoms with Crippen molar-refractivity contribution in [3.63, 3.8) is 0 Å². The first-order valence-electron chi connectivity index (χ1n) is 7.28. The van der Waals surface area contributed by atoms with Crippen LogP contribution in [0.2, 0.25) is 5.02 Å². The highest BCUT2D eigenvalue weighted by atomic mass is 35.5. The molecule has 0 radical (unpaired) electrons. The van der Waals surface area contributed by atoms with Crippen LogP contribution in [-0.4, -0.2) is 37.2 Å². The molecule has 0 aliphatic carbocycles. The molecule has 0 bridgehead atoms. The average Bonchev–Trinajstić information content (AvgIpc) is 2.67. The molecule has 3 rings (SSSR count). The van der Waals surface area contributed by atoms with Crippen LogP contribution in [0.5, 0.6) is 11.5 Å². The van der Waals surface area contributed by atoms with Crippen molar-refractivity contribution >= 4 is 11.6 Å². The van der Waals surface area contributed by atoms with Gasteiger partial charge >= 0.3 is 0 Å². The van der Waals surface area contributed by atoms with Crippen LogP contribution in [0.25, 0.3) is 0 Å². The summed E-state index contributed by atoms with van der Waals surface area (Å²) in [7, 11) is 0. The van der Waals surface area contributed by atoms with Crippen molar-refractivity contribution in [2.75, 3.05) is 26.3 Å². The molecular weight excluding hydrogens is 276 g/mol. The second-order valence-corrected chi connectivity index (χ2v) is 5.98. The zero-order chi connectivity index (χ0) is 13.9. The monoisotopic (exact) mass is 296 g/mol. The van der Waals surface area contributed by atoms with Gasteiger partial charge in [0.25, 0.3) is 0 Å². The highest BCUT2D eigenvalue weighted by Gasteiger charge is 2.19. The number of halogens is 1. The normalized spacial score (nSPS) is 20.7. The molecule has 2 aliphatic heterocycles. The van der Waals surface area contributed by atoms with Crippen molar-refractivity contribution in [2.24, 2.45) is 5.73 Å². The van der Waals surface area contributed by atoms with Crippen molar-refractivity contribution in [2.45, 2.75) is 31.8 Å². The fourth-order valence-corrected chi connectivity index (χ4v) is 3.03. The first kappa shape index (κ1) is 14.0. The molecule has 2 N–H and O–H groups in total.